The lowest BCUT2D eigenvalue weighted by Gasteiger charge is -2.04. The molecule has 0 aliphatic heterocycles. The molecule has 0 radical (unpaired) electrons. The third-order valence-electron chi connectivity index (χ3n) is 2.94. The Kier molecular flexibility index (Phi) is 7.61. The average molecular weight is 252 g/mol. The first-order valence-corrected chi connectivity index (χ1v) is 6.92. The third kappa shape index (κ3) is 8.26. The fraction of sp³-hybridized carbons (Fsp3) is 0.625. The molecule has 1 N–H and O–H groups in total. The van der Waals surface area contributed by atoms with Gasteiger partial charge in [0.2, 0.25) is 0 Å². The van der Waals surface area contributed by atoms with E-state index in [1.54, 1.807) is 0 Å². The summed E-state index contributed by atoms with van der Waals surface area (Å²) in [4.78, 5) is 0. The highest BCUT2D eigenvalue weighted by Gasteiger charge is 1.93. The molecular formula is C16H26O2. The second-order valence-electron chi connectivity index (χ2n) is 4.57. The van der Waals surface area contributed by atoms with Crippen LogP contribution in [-0.4, -0.2) is 18.3 Å². The number of benzene rings is 1. The molecule has 0 aliphatic rings. The number of unbranched alkanes of at least 4 members (excludes halogenated alkanes) is 5. The van der Waals surface area contributed by atoms with Crippen molar-refractivity contribution in [1.82, 2.24) is 0 Å². The Balaban J connectivity index is 1.83. The molecule has 0 saturated heterocycles. The summed E-state index contributed by atoms with van der Waals surface area (Å²) in [5, 5.41) is 8.93. The first-order chi connectivity index (χ1) is 9.58. The first-order valence-electron chi connectivity index (χ1n) is 7.92. The van der Waals surface area contributed by atoms with Crippen molar-refractivity contribution in [2.24, 2.45) is 0 Å². The number of ether oxygens (including phenoxy) is 1. The van der Waals surface area contributed by atoms with E-state index in [2.05, 4.69) is 12.1 Å². The van der Waals surface area contributed by atoms with Gasteiger partial charge in [0, 0.05) is 13.2 Å². The van der Waals surface area contributed by atoms with Crippen LogP contribution in [0, 0.1) is 0 Å². The van der Waals surface area contributed by atoms with Crippen molar-refractivity contribution >= 4 is 0 Å². The maximum absolute atomic E-state index is 8.93. The molecular weight excluding hydrogens is 224 g/mol. The van der Waals surface area contributed by atoms with Crippen molar-refractivity contribution in [3.05, 3.63) is 35.9 Å². The van der Waals surface area contributed by atoms with E-state index in [-0.39, 0.29) is 6.42 Å². The minimum Gasteiger partial charge on any atom is -0.396 e. The standard InChI is InChI=1S/C16H26O2/c17-13-9-4-2-1-3-5-10-14-18-15-16-11-7-6-8-12-16/h6-8,11-12,17H,1-5,9-10,13-15H2/i13D2. The topological polar surface area (TPSA) is 29.5 Å². The van der Waals surface area contributed by atoms with Gasteiger partial charge < -0.3 is 9.84 Å². The molecule has 0 aliphatic carbocycles. The van der Waals surface area contributed by atoms with Gasteiger partial charge in [-0.3, -0.25) is 0 Å². The van der Waals surface area contributed by atoms with Gasteiger partial charge in [-0.25, -0.2) is 0 Å². The summed E-state index contributed by atoms with van der Waals surface area (Å²) in [6.45, 7) is -0.508. The van der Waals surface area contributed by atoms with Gasteiger partial charge >= 0.3 is 0 Å². The van der Waals surface area contributed by atoms with Crippen molar-refractivity contribution in [3.63, 3.8) is 0 Å². The maximum Gasteiger partial charge on any atom is 0.0716 e. The van der Waals surface area contributed by atoms with E-state index in [1.807, 2.05) is 18.2 Å². The highest BCUT2D eigenvalue weighted by molar-refractivity contribution is 5.13. The zero-order valence-electron chi connectivity index (χ0n) is 13.1. The molecule has 0 unspecified atom stereocenters. The lowest BCUT2D eigenvalue weighted by Crippen LogP contribution is -1.95. The molecule has 0 saturated carbocycles. The van der Waals surface area contributed by atoms with Gasteiger partial charge in [-0.05, 0) is 18.4 Å². The Hall–Kier alpha value is -0.860. The summed E-state index contributed by atoms with van der Waals surface area (Å²) in [6.07, 6.45) is 6.48. The summed E-state index contributed by atoms with van der Waals surface area (Å²) >= 11 is 0. The van der Waals surface area contributed by atoms with Crippen molar-refractivity contribution in [1.29, 1.82) is 0 Å². The normalized spacial score (nSPS) is 13.2. The Morgan fingerprint density at radius 1 is 0.889 bits per heavy atom. The number of hydrogen-bond donors (Lipinski definition) is 1. The zero-order valence-corrected chi connectivity index (χ0v) is 11.1. The van der Waals surface area contributed by atoms with E-state index in [0.717, 1.165) is 45.1 Å². The highest BCUT2D eigenvalue weighted by atomic mass is 16.5. The number of rotatable bonds is 11. The number of hydrogen-bond acceptors (Lipinski definition) is 2. The lowest BCUT2D eigenvalue weighted by atomic mass is 10.1. The zero-order chi connectivity index (χ0) is 14.7. The van der Waals surface area contributed by atoms with Crippen molar-refractivity contribution in [3.8, 4) is 0 Å². The smallest absolute Gasteiger partial charge is 0.0716 e. The molecule has 0 atom stereocenters. The Morgan fingerprint density at radius 3 is 2.17 bits per heavy atom. The summed E-state index contributed by atoms with van der Waals surface area (Å²) in [7, 11) is 0. The molecule has 0 heterocycles. The predicted molar refractivity (Wildman–Crippen MR) is 75.5 cm³/mol. The largest absolute Gasteiger partial charge is 0.396 e. The summed E-state index contributed by atoms with van der Waals surface area (Å²) in [5.41, 5.74) is 1.21. The minimum atomic E-state index is -1.99. The molecule has 0 aromatic heterocycles. The van der Waals surface area contributed by atoms with Crippen molar-refractivity contribution < 1.29 is 12.6 Å². The van der Waals surface area contributed by atoms with Crippen LogP contribution in [0.4, 0.5) is 0 Å². The molecule has 1 rings (SSSR count). The second kappa shape index (κ2) is 11.2. The first kappa shape index (κ1) is 12.2. The average Bonchev–Trinajstić information content (AvgIpc) is 2.41. The van der Waals surface area contributed by atoms with E-state index >= 15 is 0 Å². The van der Waals surface area contributed by atoms with E-state index in [0.29, 0.717) is 6.61 Å². The highest BCUT2D eigenvalue weighted by Crippen LogP contribution is 2.07. The van der Waals surface area contributed by atoms with Gasteiger partial charge in [-0.2, -0.15) is 0 Å². The molecule has 1 aromatic carbocycles. The quantitative estimate of drug-likeness (QED) is 0.605. The summed E-state index contributed by atoms with van der Waals surface area (Å²) < 4.78 is 19.6. The Labute approximate surface area is 114 Å². The van der Waals surface area contributed by atoms with Crippen LogP contribution >= 0.6 is 0 Å². The van der Waals surface area contributed by atoms with Crippen LogP contribution in [0.5, 0.6) is 0 Å². The maximum atomic E-state index is 8.93. The SMILES string of the molecule is [2H]C([2H])(O)CCCCCCCCOCc1ccccc1. The van der Waals surface area contributed by atoms with Crippen LogP contribution in [0.15, 0.2) is 30.3 Å². The van der Waals surface area contributed by atoms with E-state index in [9.17, 15) is 0 Å². The van der Waals surface area contributed by atoms with Crippen LogP contribution in [0.1, 0.15) is 53.3 Å². The van der Waals surface area contributed by atoms with Gasteiger partial charge in [-0.1, -0.05) is 62.4 Å². The molecule has 0 bridgehead atoms. The van der Waals surface area contributed by atoms with Gasteiger partial charge in [0.15, 0.2) is 0 Å². The third-order valence-corrected chi connectivity index (χ3v) is 2.94. The van der Waals surface area contributed by atoms with Crippen molar-refractivity contribution in [2.75, 3.05) is 13.2 Å². The molecule has 0 amide bonds. The van der Waals surface area contributed by atoms with Crippen LogP contribution in [-0.2, 0) is 11.3 Å². The van der Waals surface area contributed by atoms with Gasteiger partial charge in [0.1, 0.15) is 0 Å². The predicted octanol–water partition coefficient (Wildman–Crippen LogP) is 3.93. The molecule has 2 heteroatoms. The minimum absolute atomic E-state index is 0.243. The van der Waals surface area contributed by atoms with Crippen LogP contribution in [0.25, 0.3) is 0 Å². The lowest BCUT2D eigenvalue weighted by molar-refractivity contribution is 0.116. The molecule has 18 heavy (non-hydrogen) atoms. The number of aliphatic hydroxyl groups is 1. The van der Waals surface area contributed by atoms with Crippen LogP contribution < -0.4 is 0 Å². The van der Waals surface area contributed by atoms with E-state index in [4.69, 9.17) is 12.6 Å². The fourth-order valence-corrected chi connectivity index (χ4v) is 1.88. The summed E-state index contributed by atoms with van der Waals surface area (Å²) in [6, 6.07) is 10.2. The van der Waals surface area contributed by atoms with E-state index < -0.39 is 6.56 Å². The fourth-order valence-electron chi connectivity index (χ4n) is 1.88. The van der Waals surface area contributed by atoms with Gasteiger partial charge in [0.25, 0.3) is 0 Å². The molecule has 2 nitrogen and oxygen atoms in total. The molecule has 102 valence electrons. The summed E-state index contributed by atoms with van der Waals surface area (Å²) in [5.74, 6) is 0. The Morgan fingerprint density at radius 2 is 1.50 bits per heavy atom. The molecule has 0 fully saturated rings. The van der Waals surface area contributed by atoms with E-state index in [1.165, 1.54) is 5.56 Å². The Bertz CT molecular complexity index is 336. The van der Waals surface area contributed by atoms with Crippen LogP contribution in [0.3, 0.4) is 0 Å². The van der Waals surface area contributed by atoms with Crippen LogP contribution in [0.2, 0.25) is 0 Å². The van der Waals surface area contributed by atoms with Crippen molar-refractivity contribution in [2.45, 2.75) is 51.6 Å². The monoisotopic (exact) mass is 252 g/mol. The van der Waals surface area contributed by atoms with Gasteiger partial charge in [-0.15, -0.1) is 0 Å². The second-order valence-corrected chi connectivity index (χ2v) is 4.57. The molecule has 0 spiro atoms. The molecule has 1 aromatic rings. The van der Waals surface area contributed by atoms with Gasteiger partial charge in [0.05, 0.1) is 9.35 Å².